The number of carbonyl (C=O) groups excluding carboxylic acids is 2. The van der Waals surface area contributed by atoms with Gasteiger partial charge in [-0.05, 0) is 25.0 Å². The number of amides is 2. The molecule has 2 heterocycles. The van der Waals surface area contributed by atoms with Crippen molar-refractivity contribution in [3.05, 3.63) is 35.6 Å². The van der Waals surface area contributed by atoms with Gasteiger partial charge in [-0.15, -0.1) is 11.8 Å². The van der Waals surface area contributed by atoms with Crippen LogP contribution in [0.15, 0.2) is 24.3 Å². The van der Waals surface area contributed by atoms with E-state index in [2.05, 4.69) is 0 Å². The van der Waals surface area contributed by atoms with Crippen LogP contribution >= 0.6 is 11.8 Å². The highest BCUT2D eigenvalue weighted by Crippen LogP contribution is 2.44. The standard InChI is InChI=1S/C18H23FN2O2S/c1-13(2)16(22)20-9-7-18(8-10-20)21(11-12-24-18)17(23)14-5-3-4-6-15(14)19/h3-6,13H,7-12H2,1-2H3. The van der Waals surface area contributed by atoms with E-state index < -0.39 is 5.82 Å². The van der Waals surface area contributed by atoms with Crippen LogP contribution in [0.1, 0.15) is 37.0 Å². The van der Waals surface area contributed by atoms with Crippen LogP contribution in [0.5, 0.6) is 0 Å². The van der Waals surface area contributed by atoms with Gasteiger partial charge < -0.3 is 9.80 Å². The molecule has 1 aromatic carbocycles. The van der Waals surface area contributed by atoms with Crippen LogP contribution in [-0.2, 0) is 4.79 Å². The van der Waals surface area contributed by atoms with Gasteiger partial charge >= 0.3 is 0 Å². The van der Waals surface area contributed by atoms with Gasteiger partial charge in [0, 0.05) is 31.3 Å². The van der Waals surface area contributed by atoms with Crippen molar-refractivity contribution < 1.29 is 14.0 Å². The second kappa shape index (κ2) is 6.75. The highest BCUT2D eigenvalue weighted by molar-refractivity contribution is 8.00. The molecule has 2 aliphatic rings. The summed E-state index contributed by atoms with van der Waals surface area (Å²) in [6, 6.07) is 6.16. The molecule has 6 heteroatoms. The minimum atomic E-state index is -0.470. The van der Waals surface area contributed by atoms with Crippen LogP contribution in [0.3, 0.4) is 0 Å². The number of hydrogen-bond acceptors (Lipinski definition) is 3. The normalized spacial score (nSPS) is 20.0. The minimum Gasteiger partial charge on any atom is -0.342 e. The van der Waals surface area contributed by atoms with E-state index >= 15 is 0 Å². The van der Waals surface area contributed by atoms with Gasteiger partial charge in [0.15, 0.2) is 0 Å². The molecule has 130 valence electrons. The molecule has 2 fully saturated rings. The number of nitrogens with zero attached hydrogens (tertiary/aromatic N) is 2. The Morgan fingerprint density at radius 2 is 1.83 bits per heavy atom. The first-order valence-electron chi connectivity index (χ1n) is 8.44. The van der Waals surface area contributed by atoms with Gasteiger partial charge in [0.1, 0.15) is 5.82 Å². The molecule has 2 saturated heterocycles. The lowest BCUT2D eigenvalue weighted by atomic mass is 9.99. The fourth-order valence-corrected chi connectivity index (χ4v) is 4.99. The maximum absolute atomic E-state index is 14.0. The molecule has 1 spiro atoms. The third kappa shape index (κ3) is 3.04. The highest BCUT2D eigenvalue weighted by Gasteiger charge is 2.47. The summed E-state index contributed by atoms with van der Waals surface area (Å²) >= 11 is 1.77. The predicted molar refractivity (Wildman–Crippen MR) is 93.3 cm³/mol. The molecule has 3 rings (SSSR count). The van der Waals surface area contributed by atoms with Crippen molar-refractivity contribution in [2.24, 2.45) is 5.92 Å². The van der Waals surface area contributed by atoms with E-state index in [0.29, 0.717) is 19.6 Å². The summed E-state index contributed by atoms with van der Waals surface area (Å²) < 4.78 is 14.0. The van der Waals surface area contributed by atoms with Crippen molar-refractivity contribution in [2.75, 3.05) is 25.4 Å². The fourth-order valence-electron chi connectivity index (χ4n) is 3.53. The van der Waals surface area contributed by atoms with Crippen molar-refractivity contribution in [3.63, 3.8) is 0 Å². The lowest BCUT2D eigenvalue weighted by Gasteiger charge is -2.44. The molecule has 2 amide bonds. The minimum absolute atomic E-state index is 0.00793. The Bertz CT molecular complexity index is 642. The summed E-state index contributed by atoms with van der Waals surface area (Å²) in [5.74, 6) is 0.313. The maximum Gasteiger partial charge on any atom is 0.257 e. The zero-order valence-corrected chi connectivity index (χ0v) is 14.9. The average molecular weight is 350 g/mol. The van der Waals surface area contributed by atoms with E-state index in [9.17, 15) is 14.0 Å². The molecule has 0 unspecified atom stereocenters. The van der Waals surface area contributed by atoms with Crippen LogP contribution in [0.2, 0.25) is 0 Å². The summed E-state index contributed by atoms with van der Waals surface area (Å²) in [7, 11) is 0. The SMILES string of the molecule is CC(C)C(=O)N1CCC2(CC1)SCCN2C(=O)c1ccccc1F. The lowest BCUT2D eigenvalue weighted by Crippen LogP contribution is -2.54. The van der Waals surface area contributed by atoms with Gasteiger partial charge in [-0.1, -0.05) is 26.0 Å². The first-order chi connectivity index (χ1) is 11.4. The van der Waals surface area contributed by atoms with Crippen LogP contribution in [0.25, 0.3) is 0 Å². The molecular weight excluding hydrogens is 327 g/mol. The summed E-state index contributed by atoms with van der Waals surface area (Å²) in [5, 5.41) is 0. The number of piperidine rings is 1. The molecule has 2 aliphatic heterocycles. The largest absolute Gasteiger partial charge is 0.342 e. The monoisotopic (exact) mass is 350 g/mol. The Kier molecular flexibility index (Phi) is 4.85. The lowest BCUT2D eigenvalue weighted by molar-refractivity contribution is -0.136. The summed E-state index contributed by atoms with van der Waals surface area (Å²) in [6.07, 6.45) is 1.49. The van der Waals surface area contributed by atoms with Crippen molar-refractivity contribution in [1.82, 2.24) is 9.80 Å². The molecule has 0 aromatic heterocycles. The van der Waals surface area contributed by atoms with Crippen LogP contribution in [0, 0.1) is 11.7 Å². The number of benzene rings is 1. The van der Waals surface area contributed by atoms with Gasteiger partial charge in [-0.3, -0.25) is 9.59 Å². The maximum atomic E-state index is 14.0. The van der Waals surface area contributed by atoms with Crippen molar-refractivity contribution in [2.45, 2.75) is 31.6 Å². The fraction of sp³-hybridized carbons (Fsp3) is 0.556. The number of likely N-dealkylation sites (tertiary alicyclic amines) is 1. The van der Waals surface area contributed by atoms with Gasteiger partial charge in [-0.25, -0.2) is 4.39 Å². The van der Waals surface area contributed by atoms with E-state index in [0.717, 1.165) is 18.6 Å². The Labute approximate surface area is 146 Å². The van der Waals surface area contributed by atoms with Gasteiger partial charge in [-0.2, -0.15) is 0 Å². The topological polar surface area (TPSA) is 40.6 Å². The second-order valence-corrected chi connectivity index (χ2v) is 8.17. The second-order valence-electron chi connectivity index (χ2n) is 6.71. The molecule has 0 saturated carbocycles. The molecule has 24 heavy (non-hydrogen) atoms. The molecule has 0 N–H and O–H groups in total. The smallest absolute Gasteiger partial charge is 0.257 e. The van der Waals surface area contributed by atoms with Gasteiger partial charge in [0.25, 0.3) is 5.91 Å². The quantitative estimate of drug-likeness (QED) is 0.823. The van der Waals surface area contributed by atoms with Crippen molar-refractivity contribution in [1.29, 1.82) is 0 Å². The van der Waals surface area contributed by atoms with E-state index in [-0.39, 0.29) is 28.2 Å². The van der Waals surface area contributed by atoms with E-state index in [4.69, 9.17) is 0 Å². The average Bonchev–Trinajstić information content (AvgIpc) is 2.98. The molecule has 0 bridgehead atoms. The Morgan fingerprint density at radius 3 is 2.46 bits per heavy atom. The number of halogens is 1. The third-order valence-electron chi connectivity index (χ3n) is 4.88. The van der Waals surface area contributed by atoms with E-state index in [1.165, 1.54) is 6.07 Å². The number of thioether (sulfide) groups is 1. The van der Waals surface area contributed by atoms with Crippen molar-refractivity contribution in [3.8, 4) is 0 Å². The Balaban J connectivity index is 1.76. The third-order valence-corrected chi connectivity index (χ3v) is 6.43. The highest BCUT2D eigenvalue weighted by atomic mass is 32.2. The summed E-state index contributed by atoms with van der Waals surface area (Å²) in [4.78, 5) is 28.4. The van der Waals surface area contributed by atoms with Crippen LogP contribution < -0.4 is 0 Å². The summed E-state index contributed by atoms with van der Waals surface area (Å²) in [6.45, 7) is 5.77. The molecule has 4 nitrogen and oxygen atoms in total. The zero-order chi connectivity index (χ0) is 17.3. The first kappa shape index (κ1) is 17.3. The predicted octanol–water partition coefficient (Wildman–Crippen LogP) is 2.99. The van der Waals surface area contributed by atoms with Crippen LogP contribution in [0.4, 0.5) is 4.39 Å². The van der Waals surface area contributed by atoms with Crippen LogP contribution in [-0.4, -0.2) is 51.9 Å². The molecule has 0 radical (unpaired) electrons. The number of rotatable bonds is 2. The summed E-state index contributed by atoms with van der Waals surface area (Å²) in [5.41, 5.74) is 0.139. The first-order valence-corrected chi connectivity index (χ1v) is 9.42. The van der Waals surface area contributed by atoms with Gasteiger partial charge in [0.2, 0.25) is 5.91 Å². The Morgan fingerprint density at radius 1 is 1.17 bits per heavy atom. The number of carbonyl (C=O) groups is 2. The van der Waals surface area contributed by atoms with E-state index in [1.54, 1.807) is 30.0 Å². The van der Waals surface area contributed by atoms with Gasteiger partial charge in [0.05, 0.1) is 10.4 Å². The molecule has 0 aliphatic carbocycles. The van der Waals surface area contributed by atoms with E-state index in [1.807, 2.05) is 23.6 Å². The zero-order valence-electron chi connectivity index (χ0n) is 14.1. The molecule has 0 atom stereocenters. The Hall–Kier alpha value is -1.56. The number of hydrogen-bond donors (Lipinski definition) is 0. The molecule has 1 aromatic rings. The van der Waals surface area contributed by atoms with Crippen molar-refractivity contribution >= 4 is 23.6 Å². The molecular formula is C18H23FN2O2S.